The molecular weight excluding hydrogens is 390 g/mol. The predicted molar refractivity (Wildman–Crippen MR) is 112 cm³/mol. The number of primary amides is 2. The number of sulfone groups is 1. The van der Waals surface area contributed by atoms with Crippen molar-refractivity contribution in [3.8, 4) is 22.3 Å². The number of anilines is 1. The molecule has 0 aromatic heterocycles. The minimum atomic E-state index is -3.34. The Bertz CT molecular complexity index is 1220. The molecule has 0 aliphatic heterocycles. The minimum absolute atomic E-state index is 0.142. The summed E-state index contributed by atoms with van der Waals surface area (Å²) in [7, 11) is -3.34. The monoisotopic (exact) mass is 409 g/mol. The van der Waals surface area contributed by atoms with Crippen molar-refractivity contribution < 1.29 is 18.0 Å². The number of carbonyl (C=O) groups is 2. The molecule has 0 spiro atoms. The first kappa shape index (κ1) is 20.1. The lowest BCUT2D eigenvalue weighted by Crippen LogP contribution is -2.14. The quantitative estimate of drug-likeness (QED) is 0.553. The van der Waals surface area contributed by atoms with Crippen molar-refractivity contribution in [2.75, 3.05) is 12.0 Å². The van der Waals surface area contributed by atoms with Crippen molar-refractivity contribution in [3.05, 3.63) is 71.8 Å². The van der Waals surface area contributed by atoms with Gasteiger partial charge in [0, 0.05) is 17.4 Å². The fourth-order valence-corrected chi connectivity index (χ4v) is 3.60. The molecule has 3 rings (SSSR count). The van der Waals surface area contributed by atoms with Crippen molar-refractivity contribution in [2.24, 2.45) is 11.5 Å². The summed E-state index contributed by atoms with van der Waals surface area (Å²) in [4.78, 5) is 23.4. The van der Waals surface area contributed by atoms with Crippen LogP contribution >= 0.6 is 0 Å². The third-order valence-electron chi connectivity index (χ3n) is 4.54. The van der Waals surface area contributed by atoms with Crippen LogP contribution in [0.2, 0.25) is 0 Å². The van der Waals surface area contributed by atoms with Crippen LogP contribution in [0.4, 0.5) is 5.69 Å². The van der Waals surface area contributed by atoms with E-state index in [-0.39, 0.29) is 16.1 Å². The van der Waals surface area contributed by atoms with Crippen LogP contribution in [0.15, 0.2) is 65.6 Å². The summed E-state index contributed by atoms with van der Waals surface area (Å²) < 4.78 is 23.4. The van der Waals surface area contributed by atoms with Gasteiger partial charge >= 0.3 is 0 Å². The first-order valence-corrected chi connectivity index (χ1v) is 10.4. The van der Waals surface area contributed by atoms with E-state index in [1.807, 2.05) is 0 Å². The van der Waals surface area contributed by atoms with Crippen molar-refractivity contribution in [2.45, 2.75) is 4.90 Å². The second kappa shape index (κ2) is 7.40. The van der Waals surface area contributed by atoms with Crippen molar-refractivity contribution in [1.29, 1.82) is 0 Å². The first-order valence-electron chi connectivity index (χ1n) is 8.52. The average Bonchev–Trinajstić information content (AvgIpc) is 2.67. The number of nitrogens with two attached hydrogens (primary N) is 3. The molecule has 0 aliphatic rings. The lowest BCUT2D eigenvalue weighted by Gasteiger charge is -2.14. The number of benzene rings is 3. The van der Waals surface area contributed by atoms with Gasteiger partial charge in [-0.25, -0.2) is 8.42 Å². The Morgan fingerprint density at radius 2 is 1.31 bits per heavy atom. The van der Waals surface area contributed by atoms with E-state index >= 15 is 0 Å². The number of hydrogen-bond donors (Lipinski definition) is 3. The number of rotatable bonds is 5. The average molecular weight is 409 g/mol. The lowest BCUT2D eigenvalue weighted by molar-refractivity contribution is 0.0992. The third-order valence-corrected chi connectivity index (χ3v) is 5.67. The van der Waals surface area contributed by atoms with Gasteiger partial charge < -0.3 is 17.2 Å². The minimum Gasteiger partial charge on any atom is -0.398 e. The van der Waals surface area contributed by atoms with Gasteiger partial charge in [0.25, 0.3) is 5.91 Å². The molecule has 0 aliphatic carbocycles. The van der Waals surface area contributed by atoms with E-state index in [9.17, 15) is 18.0 Å². The molecule has 0 heterocycles. The Labute approximate surface area is 168 Å². The Hall–Kier alpha value is -3.65. The maximum Gasteiger partial charge on any atom is 0.250 e. The molecule has 3 aromatic carbocycles. The maximum atomic E-state index is 11.9. The molecule has 6 N–H and O–H groups in total. The molecule has 0 fully saturated rings. The molecule has 3 aromatic rings. The summed E-state index contributed by atoms with van der Waals surface area (Å²) in [6.07, 6.45) is 1.12. The molecule has 0 bridgehead atoms. The molecule has 0 saturated heterocycles. The van der Waals surface area contributed by atoms with Crippen LogP contribution in [0.3, 0.4) is 0 Å². The summed E-state index contributed by atoms with van der Waals surface area (Å²) in [5.74, 6) is -1.23. The van der Waals surface area contributed by atoms with Crippen molar-refractivity contribution >= 4 is 27.3 Å². The number of nitrogen functional groups attached to an aromatic ring is 1. The van der Waals surface area contributed by atoms with Gasteiger partial charge in [0.1, 0.15) is 0 Å². The number of amides is 2. The van der Waals surface area contributed by atoms with E-state index in [1.165, 1.54) is 12.1 Å². The highest BCUT2D eigenvalue weighted by Crippen LogP contribution is 2.34. The lowest BCUT2D eigenvalue weighted by atomic mass is 9.93. The molecule has 2 amide bonds. The smallest absolute Gasteiger partial charge is 0.250 e. The summed E-state index contributed by atoms with van der Waals surface area (Å²) in [5, 5.41) is 0. The van der Waals surface area contributed by atoms with Crippen LogP contribution in [0, 0.1) is 0 Å². The van der Waals surface area contributed by atoms with E-state index in [1.54, 1.807) is 48.5 Å². The zero-order valence-corrected chi connectivity index (χ0v) is 16.4. The van der Waals surface area contributed by atoms with Gasteiger partial charge in [0.2, 0.25) is 5.91 Å². The zero-order chi connectivity index (χ0) is 21.3. The SMILES string of the molecule is CS(=O)(=O)c1ccc(-c2cc(-c3ccc(C(N)=O)cc3)cc(C(N)=O)c2N)cc1. The largest absolute Gasteiger partial charge is 0.398 e. The van der Waals surface area contributed by atoms with E-state index in [0.717, 1.165) is 11.8 Å². The zero-order valence-electron chi connectivity index (χ0n) is 15.5. The van der Waals surface area contributed by atoms with Gasteiger partial charge in [0.05, 0.1) is 16.1 Å². The summed E-state index contributed by atoms with van der Waals surface area (Å²) in [6.45, 7) is 0. The highest BCUT2D eigenvalue weighted by molar-refractivity contribution is 7.90. The molecule has 0 radical (unpaired) electrons. The van der Waals surface area contributed by atoms with Crippen LogP contribution in [-0.2, 0) is 9.84 Å². The molecule has 29 heavy (non-hydrogen) atoms. The van der Waals surface area contributed by atoms with Gasteiger partial charge in [-0.3, -0.25) is 9.59 Å². The van der Waals surface area contributed by atoms with Crippen LogP contribution in [0.5, 0.6) is 0 Å². The Kier molecular flexibility index (Phi) is 5.13. The molecule has 0 saturated carbocycles. The predicted octanol–water partition coefficient (Wildman–Crippen LogP) is 2.20. The van der Waals surface area contributed by atoms with E-state index in [0.29, 0.717) is 22.3 Å². The van der Waals surface area contributed by atoms with Crippen molar-refractivity contribution in [3.63, 3.8) is 0 Å². The molecule has 148 valence electrons. The van der Waals surface area contributed by atoms with E-state index < -0.39 is 21.7 Å². The molecular formula is C21H19N3O4S. The van der Waals surface area contributed by atoms with Crippen LogP contribution < -0.4 is 17.2 Å². The highest BCUT2D eigenvalue weighted by Gasteiger charge is 2.16. The number of hydrogen-bond acceptors (Lipinski definition) is 5. The summed E-state index contributed by atoms with van der Waals surface area (Å²) in [6, 6.07) is 16.1. The van der Waals surface area contributed by atoms with Crippen molar-refractivity contribution in [1.82, 2.24) is 0 Å². The van der Waals surface area contributed by atoms with Gasteiger partial charge in [0.15, 0.2) is 9.84 Å². The standard InChI is InChI=1S/C21H19N3O4S/c1-29(27,28)16-8-6-13(7-9-16)17-10-15(11-18(19(17)22)21(24)26)12-2-4-14(5-3-12)20(23)25/h2-11H,22H2,1H3,(H2,23,25)(H2,24,26). The maximum absolute atomic E-state index is 11.9. The van der Waals surface area contributed by atoms with Crippen LogP contribution in [0.25, 0.3) is 22.3 Å². The van der Waals surface area contributed by atoms with Gasteiger partial charge in [-0.2, -0.15) is 0 Å². The van der Waals surface area contributed by atoms with E-state index in [4.69, 9.17) is 17.2 Å². The first-order chi connectivity index (χ1) is 13.6. The molecule has 7 nitrogen and oxygen atoms in total. The topological polar surface area (TPSA) is 146 Å². The second-order valence-corrected chi connectivity index (χ2v) is 8.60. The van der Waals surface area contributed by atoms with Crippen LogP contribution in [0.1, 0.15) is 20.7 Å². The van der Waals surface area contributed by atoms with Crippen LogP contribution in [-0.4, -0.2) is 26.5 Å². The number of carbonyl (C=O) groups excluding carboxylic acids is 2. The van der Waals surface area contributed by atoms with E-state index in [2.05, 4.69) is 0 Å². The van der Waals surface area contributed by atoms with Gasteiger partial charge in [-0.05, 0) is 53.1 Å². The summed E-state index contributed by atoms with van der Waals surface area (Å²) >= 11 is 0. The normalized spacial score (nSPS) is 11.2. The molecule has 8 heteroatoms. The fourth-order valence-electron chi connectivity index (χ4n) is 2.97. The third kappa shape index (κ3) is 4.12. The Balaban J connectivity index is 2.17. The second-order valence-electron chi connectivity index (χ2n) is 6.59. The molecule has 0 unspecified atom stereocenters. The fraction of sp³-hybridized carbons (Fsp3) is 0.0476. The highest BCUT2D eigenvalue weighted by atomic mass is 32.2. The molecule has 0 atom stereocenters. The Morgan fingerprint density at radius 3 is 1.79 bits per heavy atom. The summed E-state index contributed by atoms with van der Waals surface area (Å²) in [5.41, 5.74) is 20.2. The Morgan fingerprint density at radius 1 is 0.759 bits per heavy atom. The van der Waals surface area contributed by atoms with Gasteiger partial charge in [-0.1, -0.05) is 24.3 Å². The van der Waals surface area contributed by atoms with Gasteiger partial charge in [-0.15, -0.1) is 0 Å².